The molecular weight excluding hydrogens is 278 g/mol. The van der Waals surface area contributed by atoms with Crippen molar-refractivity contribution in [1.82, 2.24) is 5.32 Å². The molecule has 0 bridgehead atoms. The molecule has 1 aliphatic rings. The van der Waals surface area contributed by atoms with Gasteiger partial charge in [-0.05, 0) is 43.2 Å². The van der Waals surface area contributed by atoms with Gasteiger partial charge in [-0.3, -0.25) is 4.79 Å². The highest BCUT2D eigenvalue weighted by Gasteiger charge is 2.24. The van der Waals surface area contributed by atoms with E-state index in [2.05, 4.69) is 12.2 Å². The van der Waals surface area contributed by atoms with E-state index in [-0.39, 0.29) is 11.9 Å². The van der Waals surface area contributed by atoms with Crippen molar-refractivity contribution in [2.45, 2.75) is 43.5 Å². The standard InChI is InChI=1S/C15H20ClNOS/c1-10-5-3-4-6-14(10)17-15(18)12-9-11(19-2)7-8-13(12)16/h7-10,14H,3-6H2,1-2H3,(H,17,18). The molecule has 19 heavy (non-hydrogen) atoms. The topological polar surface area (TPSA) is 29.1 Å². The lowest BCUT2D eigenvalue weighted by Gasteiger charge is -2.29. The van der Waals surface area contributed by atoms with Gasteiger partial charge in [-0.15, -0.1) is 11.8 Å². The fraction of sp³-hybridized carbons (Fsp3) is 0.533. The summed E-state index contributed by atoms with van der Waals surface area (Å²) in [6.07, 6.45) is 6.74. The Kier molecular flexibility index (Phi) is 5.17. The number of hydrogen-bond acceptors (Lipinski definition) is 2. The molecule has 2 unspecified atom stereocenters. The molecule has 0 heterocycles. The molecule has 1 aromatic carbocycles. The predicted molar refractivity (Wildman–Crippen MR) is 82.1 cm³/mol. The molecule has 1 amide bonds. The van der Waals surface area contributed by atoms with Crippen LogP contribution in [0.2, 0.25) is 5.02 Å². The molecular formula is C15H20ClNOS. The van der Waals surface area contributed by atoms with Crippen LogP contribution in [0, 0.1) is 5.92 Å². The van der Waals surface area contributed by atoms with Gasteiger partial charge in [0.25, 0.3) is 5.91 Å². The van der Waals surface area contributed by atoms with Gasteiger partial charge in [-0.1, -0.05) is 31.4 Å². The third kappa shape index (κ3) is 3.67. The van der Waals surface area contributed by atoms with Crippen molar-refractivity contribution >= 4 is 29.3 Å². The molecule has 1 aliphatic carbocycles. The number of nitrogens with one attached hydrogen (secondary N) is 1. The molecule has 0 spiro atoms. The first-order valence-electron chi connectivity index (χ1n) is 6.76. The second kappa shape index (κ2) is 6.67. The summed E-state index contributed by atoms with van der Waals surface area (Å²) in [6, 6.07) is 5.89. The third-order valence-electron chi connectivity index (χ3n) is 3.85. The molecule has 1 aromatic rings. The van der Waals surface area contributed by atoms with Crippen LogP contribution in [0.3, 0.4) is 0 Å². The zero-order valence-corrected chi connectivity index (χ0v) is 13.0. The number of halogens is 1. The largest absolute Gasteiger partial charge is 0.349 e. The second-order valence-corrected chi connectivity index (χ2v) is 6.47. The molecule has 4 heteroatoms. The highest BCUT2D eigenvalue weighted by molar-refractivity contribution is 7.98. The first kappa shape index (κ1) is 14.7. The first-order chi connectivity index (χ1) is 9.11. The normalized spacial score (nSPS) is 23.1. The summed E-state index contributed by atoms with van der Waals surface area (Å²) in [7, 11) is 0. The Morgan fingerprint density at radius 2 is 2.11 bits per heavy atom. The molecule has 1 N–H and O–H groups in total. The van der Waals surface area contributed by atoms with E-state index in [0.29, 0.717) is 16.5 Å². The van der Waals surface area contributed by atoms with E-state index in [4.69, 9.17) is 11.6 Å². The van der Waals surface area contributed by atoms with Crippen molar-refractivity contribution < 1.29 is 4.79 Å². The summed E-state index contributed by atoms with van der Waals surface area (Å²) in [6.45, 7) is 2.21. The van der Waals surface area contributed by atoms with E-state index >= 15 is 0 Å². The number of hydrogen-bond donors (Lipinski definition) is 1. The summed E-state index contributed by atoms with van der Waals surface area (Å²) >= 11 is 7.75. The van der Waals surface area contributed by atoms with Gasteiger partial charge in [0.05, 0.1) is 10.6 Å². The second-order valence-electron chi connectivity index (χ2n) is 5.19. The zero-order chi connectivity index (χ0) is 13.8. The third-order valence-corrected chi connectivity index (χ3v) is 4.90. The smallest absolute Gasteiger partial charge is 0.253 e. The molecule has 2 rings (SSSR count). The maximum absolute atomic E-state index is 12.3. The van der Waals surface area contributed by atoms with Crippen LogP contribution in [0.15, 0.2) is 23.1 Å². The number of amides is 1. The Morgan fingerprint density at radius 1 is 1.37 bits per heavy atom. The van der Waals surface area contributed by atoms with Gasteiger partial charge in [0.2, 0.25) is 0 Å². The van der Waals surface area contributed by atoms with Gasteiger partial charge in [0.15, 0.2) is 0 Å². The summed E-state index contributed by atoms with van der Waals surface area (Å²) in [5.74, 6) is 0.514. The lowest BCUT2D eigenvalue weighted by molar-refractivity contribution is 0.0910. The SMILES string of the molecule is CSc1ccc(Cl)c(C(=O)NC2CCCCC2C)c1. The summed E-state index contributed by atoms with van der Waals surface area (Å²) < 4.78 is 0. The number of thioether (sulfide) groups is 1. The Bertz CT molecular complexity index is 463. The average Bonchev–Trinajstić information content (AvgIpc) is 2.42. The highest BCUT2D eigenvalue weighted by Crippen LogP contribution is 2.26. The lowest BCUT2D eigenvalue weighted by atomic mass is 9.86. The van der Waals surface area contributed by atoms with E-state index in [1.54, 1.807) is 17.8 Å². The van der Waals surface area contributed by atoms with E-state index in [9.17, 15) is 4.79 Å². The summed E-state index contributed by atoms with van der Waals surface area (Å²) in [5.41, 5.74) is 0.589. The number of carbonyl (C=O) groups is 1. The lowest BCUT2D eigenvalue weighted by Crippen LogP contribution is -2.41. The van der Waals surface area contributed by atoms with E-state index in [0.717, 1.165) is 11.3 Å². The molecule has 1 fully saturated rings. The Hall–Kier alpha value is -0.670. The van der Waals surface area contributed by atoms with Crippen LogP contribution in [0.25, 0.3) is 0 Å². The zero-order valence-electron chi connectivity index (χ0n) is 11.4. The fourth-order valence-electron chi connectivity index (χ4n) is 2.58. The fourth-order valence-corrected chi connectivity index (χ4v) is 3.23. The molecule has 2 atom stereocenters. The minimum Gasteiger partial charge on any atom is -0.349 e. The van der Waals surface area contributed by atoms with Crippen LogP contribution in [0.4, 0.5) is 0 Å². The van der Waals surface area contributed by atoms with Gasteiger partial charge >= 0.3 is 0 Å². The quantitative estimate of drug-likeness (QED) is 0.839. The molecule has 104 valence electrons. The molecule has 0 aliphatic heterocycles. The minimum absolute atomic E-state index is 0.0420. The van der Waals surface area contributed by atoms with Crippen molar-refractivity contribution in [3.05, 3.63) is 28.8 Å². The van der Waals surface area contributed by atoms with Crippen LogP contribution >= 0.6 is 23.4 Å². The maximum atomic E-state index is 12.3. The maximum Gasteiger partial charge on any atom is 0.253 e. The molecule has 0 radical (unpaired) electrons. The summed E-state index contributed by atoms with van der Waals surface area (Å²) in [4.78, 5) is 13.4. The van der Waals surface area contributed by atoms with Gasteiger partial charge in [-0.2, -0.15) is 0 Å². The van der Waals surface area contributed by atoms with Gasteiger partial charge < -0.3 is 5.32 Å². The van der Waals surface area contributed by atoms with Crippen LogP contribution in [-0.4, -0.2) is 18.2 Å². The molecule has 0 aromatic heterocycles. The molecule has 0 saturated heterocycles. The van der Waals surface area contributed by atoms with Crippen molar-refractivity contribution in [3.63, 3.8) is 0 Å². The number of rotatable bonds is 3. The molecule has 1 saturated carbocycles. The van der Waals surface area contributed by atoms with E-state index in [1.165, 1.54) is 19.3 Å². The first-order valence-corrected chi connectivity index (χ1v) is 8.36. The van der Waals surface area contributed by atoms with Crippen molar-refractivity contribution in [3.8, 4) is 0 Å². The highest BCUT2D eigenvalue weighted by atomic mass is 35.5. The molecule has 2 nitrogen and oxygen atoms in total. The predicted octanol–water partition coefficient (Wildman–Crippen LogP) is 4.37. The van der Waals surface area contributed by atoms with Crippen molar-refractivity contribution in [1.29, 1.82) is 0 Å². The number of carbonyl (C=O) groups excluding carboxylic acids is 1. The Morgan fingerprint density at radius 3 is 2.79 bits per heavy atom. The van der Waals surface area contributed by atoms with Crippen LogP contribution in [-0.2, 0) is 0 Å². The van der Waals surface area contributed by atoms with E-state index < -0.39 is 0 Å². The van der Waals surface area contributed by atoms with Gasteiger partial charge in [-0.25, -0.2) is 0 Å². The monoisotopic (exact) mass is 297 g/mol. The Balaban J connectivity index is 2.10. The van der Waals surface area contributed by atoms with Crippen LogP contribution < -0.4 is 5.32 Å². The van der Waals surface area contributed by atoms with Gasteiger partial charge in [0, 0.05) is 10.9 Å². The van der Waals surface area contributed by atoms with Crippen molar-refractivity contribution in [2.24, 2.45) is 5.92 Å². The Labute approximate surface area is 124 Å². The van der Waals surface area contributed by atoms with E-state index in [1.807, 2.05) is 18.4 Å². The van der Waals surface area contributed by atoms with Crippen molar-refractivity contribution in [2.75, 3.05) is 6.26 Å². The van der Waals surface area contributed by atoms with Gasteiger partial charge in [0.1, 0.15) is 0 Å². The average molecular weight is 298 g/mol. The minimum atomic E-state index is -0.0420. The van der Waals surface area contributed by atoms with Crippen LogP contribution in [0.5, 0.6) is 0 Å². The number of benzene rings is 1. The van der Waals surface area contributed by atoms with Crippen LogP contribution in [0.1, 0.15) is 43.0 Å². The summed E-state index contributed by atoms with van der Waals surface area (Å²) in [5, 5.41) is 3.67.